The zero-order chi connectivity index (χ0) is 10.9. The van der Waals surface area contributed by atoms with Crippen LogP contribution in [0.4, 0.5) is 23.2 Å². The van der Waals surface area contributed by atoms with Gasteiger partial charge in [-0.05, 0) is 18.6 Å². The van der Waals surface area contributed by atoms with E-state index in [0.29, 0.717) is 0 Å². The Kier molecular flexibility index (Phi) is 2.69. The third-order valence-corrected chi connectivity index (χ3v) is 1.89. The van der Waals surface area contributed by atoms with E-state index in [0.717, 1.165) is 12.1 Å². The van der Waals surface area contributed by atoms with Crippen molar-refractivity contribution in [3.8, 4) is 0 Å². The SMILES string of the molecule is CNc1c(C(F)(F)F)ccc(C)c1F. The van der Waals surface area contributed by atoms with Gasteiger partial charge in [0.15, 0.2) is 0 Å². The molecule has 0 heterocycles. The van der Waals surface area contributed by atoms with Crippen molar-refractivity contribution in [2.45, 2.75) is 13.1 Å². The number of halogens is 4. The number of benzene rings is 1. The van der Waals surface area contributed by atoms with Crippen LogP contribution in [0.25, 0.3) is 0 Å². The Bertz CT molecular complexity index is 343. The maximum atomic E-state index is 13.2. The summed E-state index contributed by atoms with van der Waals surface area (Å²) in [5.41, 5.74) is -1.30. The quantitative estimate of drug-likeness (QED) is 0.697. The van der Waals surface area contributed by atoms with E-state index in [1.165, 1.54) is 14.0 Å². The van der Waals surface area contributed by atoms with Crippen LogP contribution in [0.3, 0.4) is 0 Å². The molecule has 5 heteroatoms. The van der Waals surface area contributed by atoms with Crippen LogP contribution in [-0.2, 0) is 6.18 Å². The molecule has 0 spiro atoms. The molecule has 0 saturated carbocycles. The van der Waals surface area contributed by atoms with Gasteiger partial charge in [0.2, 0.25) is 0 Å². The van der Waals surface area contributed by atoms with Crippen LogP contribution in [0.5, 0.6) is 0 Å². The average Bonchev–Trinajstić information content (AvgIpc) is 2.07. The summed E-state index contributed by atoms with van der Waals surface area (Å²) in [7, 11) is 1.26. The van der Waals surface area contributed by atoms with Gasteiger partial charge in [-0.25, -0.2) is 4.39 Å². The normalized spacial score (nSPS) is 11.6. The first-order valence-corrected chi connectivity index (χ1v) is 3.92. The van der Waals surface area contributed by atoms with Gasteiger partial charge in [0.1, 0.15) is 5.82 Å². The monoisotopic (exact) mass is 207 g/mol. The highest BCUT2D eigenvalue weighted by Gasteiger charge is 2.34. The van der Waals surface area contributed by atoms with Gasteiger partial charge < -0.3 is 5.32 Å². The molecule has 1 aromatic rings. The maximum Gasteiger partial charge on any atom is 0.418 e. The molecule has 1 aromatic carbocycles. The third-order valence-electron chi connectivity index (χ3n) is 1.89. The first-order valence-electron chi connectivity index (χ1n) is 3.92. The molecular weight excluding hydrogens is 198 g/mol. The highest BCUT2D eigenvalue weighted by molar-refractivity contribution is 5.55. The first-order chi connectivity index (χ1) is 6.38. The molecule has 1 nitrogen and oxygen atoms in total. The van der Waals surface area contributed by atoms with Crippen molar-refractivity contribution >= 4 is 5.69 Å². The highest BCUT2D eigenvalue weighted by atomic mass is 19.4. The van der Waals surface area contributed by atoms with Gasteiger partial charge in [-0.1, -0.05) is 6.07 Å². The molecule has 0 aliphatic carbocycles. The van der Waals surface area contributed by atoms with E-state index in [-0.39, 0.29) is 5.56 Å². The van der Waals surface area contributed by atoms with E-state index in [1.807, 2.05) is 0 Å². The van der Waals surface area contributed by atoms with Crippen LogP contribution in [0, 0.1) is 12.7 Å². The number of anilines is 1. The molecule has 0 radical (unpaired) electrons. The van der Waals surface area contributed by atoms with Gasteiger partial charge in [0.05, 0.1) is 11.3 Å². The summed E-state index contributed by atoms with van der Waals surface area (Å²) in [4.78, 5) is 0. The van der Waals surface area contributed by atoms with Crippen LogP contribution in [0.15, 0.2) is 12.1 Å². The number of aryl methyl sites for hydroxylation is 1. The van der Waals surface area contributed by atoms with Crippen LogP contribution in [0.1, 0.15) is 11.1 Å². The van der Waals surface area contributed by atoms with Crippen molar-refractivity contribution < 1.29 is 17.6 Å². The van der Waals surface area contributed by atoms with Crippen LogP contribution in [0.2, 0.25) is 0 Å². The molecular formula is C9H9F4N. The Morgan fingerprint density at radius 3 is 2.21 bits per heavy atom. The smallest absolute Gasteiger partial charge is 0.385 e. The fourth-order valence-corrected chi connectivity index (χ4v) is 1.16. The second kappa shape index (κ2) is 3.48. The van der Waals surface area contributed by atoms with E-state index < -0.39 is 23.2 Å². The Morgan fingerprint density at radius 2 is 1.79 bits per heavy atom. The average molecular weight is 207 g/mol. The third kappa shape index (κ3) is 1.81. The second-order valence-corrected chi connectivity index (χ2v) is 2.87. The minimum atomic E-state index is -4.53. The van der Waals surface area contributed by atoms with E-state index in [9.17, 15) is 17.6 Å². The standard InChI is InChI=1S/C9H9F4N/c1-5-3-4-6(9(11,12)13)8(14-2)7(5)10/h3-4,14H,1-2H3. The zero-order valence-electron chi connectivity index (χ0n) is 7.67. The molecule has 0 aromatic heterocycles. The van der Waals surface area contributed by atoms with E-state index in [2.05, 4.69) is 5.32 Å². The number of rotatable bonds is 1. The van der Waals surface area contributed by atoms with E-state index in [1.54, 1.807) is 0 Å². The summed E-state index contributed by atoms with van der Waals surface area (Å²) in [5.74, 6) is -0.859. The van der Waals surface area contributed by atoms with Crippen molar-refractivity contribution in [3.05, 3.63) is 29.1 Å². The molecule has 0 amide bonds. The summed E-state index contributed by atoms with van der Waals surface area (Å²) >= 11 is 0. The van der Waals surface area contributed by atoms with Crippen molar-refractivity contribution in [1.29, 1.82) is 0 Å². The maximum absolute atomic E-state index is 13.2. The summed E-state index contributed by atoms with van der Waals surface area (Å²) in [6.45, 7) is 1.41. The molecule has 0 fully saturated rings. The minimum Gasteiger partial charge on any atom is -0.385 e. The lowest BCUT2D eigenvalue weighted by Crippen LogP contribution is -2.11. The predicted octanol–water partition coefficient (Wildman–Crippen LogP) is 3.19. The van der Waals surface area contributed by atoms with Crippen molar-refractivity contribution in [1.82, 2.24) is 0 Å². The predicted molar refractivity (Wildman–Crippen MR) is 45.7 cm³/mol. The van der Waals surface area contributed by atoms with Gasteiger partial charge in [-0.15, -0.1) is 0 Å². The van der Waals surface area contributed by atoms with Gasteiger partial charge in [-0.2, -0.15) is 13.2 Å². The van der Waals surface area contributed by atoms with Gasteiger partial charge in [0.25, 0.3) is 0 Å². The Hall–Kier alpha value is -1.26. The van der Waals surface area contributed by atoms with Gasteiger partial charge in [-0.3, -0.25) is 0 Å². The summed E-state index contributed by atoms with van der Waals surface area (Å²) < 4.78 is 50.3. The summed E-state index contributed by atoms with van der Waals surface area (Å²) in [6, 6.07) is 1.98. The minimum absolute atomic E-state index is 0.183. The number of hydrogen-bond acceptors (Lipinski definition) is 1. The Labute approximate surface area is 78.7 Å². The van der Waals surface area contributed by atoms with Gasteiger partial charge >= 0.3 is 6.18 Å². The largest absolute Gasteiger partial charge is 0.418 e. The molecule has 1 N–H and O–H groups in total. The topological polar surface area (TPSA) is 12.0 Å². The molecule has 1 rings (SSSR count). The Morgan fingerprint density at radius 1 is 1.21 bits per heavy atom. The van der Waals surface area contributed by atoms with E-state index >= 15 is 0 Å². The number of hydrogen-bond donors (Lipinski definition) is 1. The summed E-state index contributed by atoms with van der Waals surface area (Å²) in [5, 5.41) is 2.22. The van der Waals surface area contributed by atoms with Crippen molar-refractivity contribution in [2.75, 3.05) is 12.4 Å². The lowest BCUT2D eigenvalue weighted by atomic mass is 10.1. The molecule has 14 heavy (non-hydrogen) atoms. The molecule has 0 aliphatic rings. The zero-order valence-corrected chi connectivity index (χ0v) is 7.67. The molecule has 0 unspecified atom stereocenters. The number of nitrogens with one attached hydrogen (secondary N) is 1. The van der Waals surface area contributed by atoms with Crippen molar-refractivity contribution in [3.63, 3.8) is 0 Å². The fraction of sp³-hybridized carbons (Fsp3) is 0.333. The first kappa shape index (κ1) is 10.8. The molecule has 0 saturated heterocycles. The lowest BCUT2D eigenvalue weighted by Gasteiger charge is -2.14. The molecule has 0 bridgehead atoms. The molecule has 0 atom stereocenters. The van der Waals surface area contributed by atoms with Crippen LogP contribution < -0.4 is 5.32 Å². The van der Waals surface area contributed by atoms with E-state index in [4.69, 9.17) is 0 Å². The Balaban J connectivity index is 3.39. The molecule has 0 aliphatic heterocycles. The molecule has 78 valence electrons. The fourth-order valence-electron chi connectivity index (χ4n) is 1.16. The number of alkyl halides is 3. The second-order valence-electron chi connectivity index (χ2n) is 2.87. The van der Waals surface area contributed by atoms with Gasteiger partial charge in [0, 0.05) is 7.05 Å². The van der Waals surface area contributed by atoms with Crippen LogP contribution >= 0.6 is 0 Å². The lowest BCUT2D eigenvalue weighted by molar-refractivity contribution is -0.137. The summed E-state index contributed by atoms with van der Waals surface area (Å²) in [6.07, 6.45) is -4.53. The van der Waals surface area contributed by atoms with Crippen molar-refractivity contribution in [2.24, 2.45) is 0 Å². The van der Waals surface area contributed by atoms with Crippen LogP contribution in [-0.4, -0.2) is 7.05 Å². The highest BCUT2D eigenvalue weighted by Crippen LogP contribution is 2.36.